The molecule has 62 heavy (non-hydrogen) atoms. The standard InChI is InChI=1S/C40H26Cl8N8O6/c1-17(57)34(55-53-30-5-19(3-21(41)13-30)37(59)49-27-9-23(43)7-24(44)10-27)39(61)51-29-15-32(47)36(33(48)16-29)52-40(62)35(18(2)58)56-54-31-6-20(4-22(42)14-31)38(60)50-28-11-25(45)8-26(46)12-28/h3-16,34-35H,1-2H3,(H,49,59)(H,50,60)(H,51,61)(H,52,62). The van der Waals surface area contributed by atoms with Crippen LogP contribution in [0, 0.1) is 0 Å². The number of azo groups is 2. The number of amides is 4. The fraction of sp³-hybridized carbons (Fsp3) is 0.100. The minimum atomic E-state index is -1.71. The Kier molecular flexibility index (Phi) is 16.4. The quantitative estimate of drug-likeness (QED) is 0.0630. The highest BCUT2D eigenvalue weighted by molar-refractivity contribution is 6.41. The largest absolute Gasteiger partial charge is 0.324 e. The molecule has 4 N–H and O–H groups in total. The maximum Gasteiger partial charge on any atom is 0.258 e. The number of hydrogen-bond acceptors (Lipinski definition) is 10. The van der Waals surface area contributed by atoms with E-state index in [9.17, 15) is 28.8 Å². The summed E-state index contributed by atoms with van der Waals surface area (Å²) in [5, 5.41) is 26.9. The summed E-state index contributed by atoms with van der Waals surface area (Å²) in [5.74, 6) is -4.51. The monoisotopic (exact) mass is 994 g/mol. The third kappa shape index (κ3) is 13.4. The van der Waals surface area contributed by atoms with E-state index in [1.807, 2.05) is 0 Å². The van der Waals surface area contributed by atoms with Crippen LogP contribution in [-0.4, -0.2) is 47.3 Å². The van der Waals surface area contributed by atoms with Gasteiger partial charge in [0.05, 0.1) is 27.1 Å². The highest BCUT2D eigenvalue weighted by atomic mass is 35.5. The number of carbonyl (C=O) groups excluding carboxylic acids is 6. The van der Waals surface area contributed by atoms with Gasteiger partial charge in [0.1, 0.15) is 0 Å². The molecule has 5 aromatic carbocycles. The molecule has 4 amide bonds. The molecule has 0 bridgehead atoms. The summed E-state index contributed by atoms with van der Waals surface area (Å²) in [4.78, 5) is 77.5. The lowest BCUT2D eigenvalue weighted by Crippen LogP contribution is -2.32. The summed E-state index contributed by atoms with van der Waals surface area (Å²) in [6.45, 7) is 2.21. The number of nitrogens with zero attached hydrogens (tertiary/aromatic N) is 4. The minimum Gasteiger partial charge on any atom is -0.324 e. The molecule has 318 valence electrons. The number of rotatable bonds is 14. The molecular weight excluding hydrogens is 972 g/mol. The van der Waals surface area contributed by atoms with Gasteiger partial charge in [-0.05, 0) is 98.8 Å². The predicted octanol–water partition coefficient (Wildman–Crippen LogP) is 12.8. The van der Waals surface area contributed by atoms with Gasteiger partial charge in [0.25, 0.3) is 23.6 Å². The smallest absolute Gasteiger partial charge is 0.258 e. The first-order chi connectivity index (χ1) is 29.2. The average molecular weight is 998 g/mol. The number of benzene rings is 5. The van der Waals surface area contributed by atoms with E-state index in [0.29, 0.717) is 31.5 Å². The second kappa shape index (κ2) is 21.3. The number of ketones is 2. The number of hydrogen-bond donors (Lipinski definition) is 4. The van der Waals surface area contributed by atoms with E-state index in [1.165, 1.54) is 84.9 Å². The molecule has 0 aliphatic rings. The molecule has 22 heteroatoms. The van der Waals surface area contributed by atoms with Crippen LogP contribution in [0.5, 0.6) is 0 Å². The molecule has 0 spiro atoms. The average Bonchev–Trinajstić information content (AvgIpc) is 3.15. The molecule has 5 aromatic rings. The van der Waals surface area contributed by atoms with Crippen LogP contribution in [-0.2, 0) is 19.2 Å². The molecule has 2 unspecified atom stereocenters. The van der Waals surface area contributed by atoms with Gasteiger partial charge < -0.3 is 21.3 Å². The predicted molar refractivity (Wildman–Crippen MR) is 243 cm³/mol. The van der Waals surface area contributed by atoms with E-state index in [0.717, 1.165) is 13.8 Å². The van der Waals surface area contributed by atoms with Gasteiger partial charge in [-0.3, -0.25) is 28.8 Å². The Bertz CT molecular complexity index is 2650. The van der Waals surface area contributed by atoms with Gasteiger partial charge in [0, 0.05) is 58.3 Å². The van der Waals surface area contributed by atoms with Crippen LogP contribution < -0.4 is 21.3 Å². The molecule has 0 aliphatic carbocycles. The van der Waals surface area contributed by atoms with Crippen molar-refractivity contribution in [2.45, 2.75) is 25.9 Å². The molecule has 0 saturated heterocycles. The van der Waals surface area contributed by atoms with E-state index in [4.69, 9.17) is 92.8 Å². The zero-order valence-corrected chi connectivity index (χ0v) is 37.5. The minimum absolute atomic E-state index is 0.00524. The Balaban J connectivity index is 1.26. The fourth-order valence-electron chi connectivity index (χ4n) is 5.24. The maximum atomic E-state index is 13.3. The van der Waals surface area contributed by atoms with E-state index >= 15 is 0 Å². The lowest BCUT2D eigenvalue weighted by atomic mass is 10.1. The van der Waals surface area contributed by atoms with Crippen LogP contribution in [0.15, 0.2) is 105 Å². The second-order valence-corrected chi connectivity index (χ2v) is 16.3. The summed E-state index contributed by atoms with van der Waals surface area (Å²) in [6, 6.07) is 16.1. The molecule has 0 heterocycles. The van der Waals surface area contributed by atoms with Crippen molar-refractivity contribution in [1.82, 2.24) is 0 Å². The SMILES string of the molecule is CC(=O)C(N=Nc1cc(Cl)cc(C(=O)Nc2cc(Cl)cc(Cl)c2)c1)C(=O)Nc1cc(Cl)c(NC(=O)C(N=Nc2cc(Cl)cc(C(=O)Nc3cc(Cl)cc(Cl)c3)c2)C(C)=O)c(Cl)c1. The highest BCUT2D eigenvalue weighted by Crippen LogP contribution is 2.35. The number of anilines is 4. The first kappa shape index (κ1) is 47.9. The van der Waals surface area contributed by atoms with Crippen LogP contribution in [0.25, 0.3) is 0 Å². The Morgan fingerprint density at radius 1 is 0.419 bits per heavy atom. The van der Waals surface area contributed by atoms with Gasteiger partial charge in [-0.1, -0.05) is 92.8 Å². The highest BCUT2D eigenvalue weighted by Gasteiger charge is 2.27. The van der Waals surface area contributed by atoms with Crippen molar-refractivity contribution in [1.29, 1.82) is 0 Å². The summed E-state index contributed by atoms with van der Waals surface area (Å²) >= 11 is 49.4. The van der Waals surface area contributed by atoms with Crippen molar-refractivity contribution in [3.05, 3.63) is 136 Å². The van der Waals surface area contributed by atoms with E-state index in [2.05, 4.69) is 41.7 Å². The number of Topliss-reactive ketones (excluding diaryl/α,β-unsaturated/α-hetero) is 2. The van der Waals surface area contributed by atoms with Crippen LogP contribution >= 0.6 is 92.8 Å². The Morgan fingerprint density at radius 3 is 1.13 bits per heavy atom. The first-order valence-corrected chi connectivity index (χ1v) is 20.4. The molecule has 2 atom stereocenters. The van der Waals surface area contributed by atoms with Crippen molar-refractivity contribution in [2.24, 2.45) is 20.5 Å². The molecular formula is C40H26Cl8N8O6. The normalized spacial score (nSPS) is 12.2. The fourth-order valence-corrected chi connectivity index (χ4v) is 7.33. The Morgan fingerprint density at radius 2 is 0.758 bits per heavy atom. The summed E-state index contributed by atoms with van der Waals surface area (Å²) < 4.78 is 0. The lowest BCUT2D eigenvalue weighted by Gasteiger charge is -2.15. The Hall–Kier alpha value is -5.16. The molecule has 0 aliphatic heterocycles. The van der Waals surface area contributed by atoms with Crippen molar-refractivity contribution in [3.8, 4) is 0 Å². The molecule has 5 rings (SSSR count). The molecule has 0 fully saturated rings. The van der Waals surface area contributed by atoms with Gasteiger partial charge in [-0.2, -0.15) is 20.5 Å². The number of halogens is 8. The molecule has 0 aromatic heterocycles. The van der Waals surface area contributed by atoms with E-state index < -0.39 is 47.3 Å². The van der Waals surface area contributed by atoms with Gasteiger partial charge in [0.2, 0.25) is 12.1 Å². The topological polar surface area (TPSA) is 200 Å². The summed E-state index contributed by atoms with van der Waals surface area (Å²) in [5.41, 5.74) is 0.686. The zero-order chi connectivity index (χ0) is 45.4. The molecule has 0 radical (unpaired) electrons. The van der Waals surface area contributed by atoms with Crippen molar-refractivity contribution >= 4 is 162 Å². The van der Waals surface area contributed by atoms with Crippen LogP contribution in [0.2, 0.25) is 40.2 Å². The summed E-state index contributed by atoms with van der Waals surface area (Å²) in [7, 11) is 0. The van der Waals surface area contributed by atoms with Crippen LogP contribution in [0.4, 0.5) is 34.1 Å². The third-order valence-electron chi connectivity index (χ3n) is 7.93. The van der Waals surface area contributed by atoms with E-state index in [-0.39, 0.29) is 54.0 Å². The molecule has 14 nitrogen and oxygen atoms in total. The zero-order valence-electron chi connectivity index (χ0n) is 31.5. The van der Waals surface area contributed by atoms with E-state index in [1.54, 1.807) is 0 Å². The summed E-state index contributed by atoms with van der Waals surface area (Å²) in [6.07, 6.45) is 0. The third-order valence-corrected chi connectivity index (χ3v) is 9.84. The van der Waals surface area contributed by atoms with Crippen molar-refractivity contribution in [3.63, 3.8) is 0 Å². The maximum absolute atomic E-state index is 13.3. The van der Waals surface area contributed by atoms with Gasteiger partial charge in [0.15, 0.2) is 11.6 Å². The Labute approximate surface area is 392 Å². The van der Waals surface area contributed by atoms with Crippen molar-refractivity contribution < 1.29 is 28.8 Å². The number of nitrogens with one attached hydrogen (secondary N) is 4. The first-order valence-electron chi connectivity index (χ1n) is 17.3. The number of carbonyl (C=O) groups is 6. The lowest BCUT2D eigenvalue weighted by molar-refractivity contribution is -0.127. The second-order valence-electron chi connectivity index (χ2n) is 12.9. The van der Waals surface area contributed by atoms with Gasteiger partial charge >= 0.3 is 0 Å². The van der Waals surface area contributed by atoms with Crippen LogP contribution in [0.3, 0.4) is 0 Å². The van der Waals surface area contributed by atoms with Crippen molar-refractivity contribution in [2.75, 3.05) is 21.3 Å². The van der Waals surface area contributed by atoms with Crippen LogP contribution in [0.1, 0.15) is 34.6 Å². The molecule has 0 saturated carbocycles. The van der Waals surface area contributed by atoms with Gasteiger partial charge in [-0.15, -0.1) is 0 Å². The van der Waals surface area contributed by atoms with Gasteiger partial charge in [-0.25, -0.2) is 0 Å².